The monoisotopic (exact) mass is 303 g/mol. The highest BCUT2D eigenvalue weighted by atomic mass is 35.5. The summed E-state index contributed by atoms with van der Waals surface area (Å²) < 4.78 is 61.7. The summed E-state index contributed by atoms with van der Waals surface area (Å²) in [4.78, 5) is 3.90. The zero-order valence-electron chi connectivity index (χ0n) is 9.32. The molecule has 0 aromatic heterocycles. The first-order chi connectivity index (χ1) is 8.10. The van der Waals surface area contributed by atoms with E-state index < -0.39 is 31.7 Å². The Kier molecular flexibility index (Phi) is 4.26. The molecular weight excluding hydrogens is 295 g/mol. The third kappa shape index (κ3) is 2.94. The van der Waals surface area contributed by atoms with E-state index in [1.54, 1.807) is 0 Å². The molecular formula is C9H9ClF3NO3S. The second-order valence-corrected chi connectivity index (χ2v) is 5.58. The molecule has 0 unspecified atom stereocenters. The minimum atomic E-state index is -4.73. The van der Waals surface area contributed by atoms with Gasteiger partial charge in [-0.3, -0.25) is 4.84 Å². The first-order valence-corrected chi connectivity index (χ1v) is 6.32. The summed E-state index contributed by atoms with van der Waals surface area (Å²) >= 11 is 5.38. The highest BCUT2D eigenvalue weighted by Gasteiger charge is 2.35. The molecule has 0 spiro atoms. The molecule has 0 aliphatic rings. The fourth-order valence-electron chi connectivity index (χ4n) is 1.13. The van der Waals surface area contributed by atoms with Crippen LogP contribution in [0, 0.1) is 0 Å². The lowest BCUT2D eigenvalue weighted by atomic mass is 10.2. The minimum Gasteiger partial charge on any atom is -0.288 e. The predicted octanol–water partition coefficient (Wildman–Crippen LogP) is 2.54. The van der Waals surface area contributed by atoms with E-state index >= 15 is 0 Å². The summed E-state index contributed by atoms with van der Waals surface area (Å²) in [5.74, 6) is 0. The van der Waals surface area contributed by atoms with E-state index in [-0.39, 0.29) is 0 Å². The predicted molar refractivity (Wildman–Crippen MR) is 58.4 cm³/mol. The normalized spacial score (nSPS) is 13.1. The quantitative estimate of drug-likeness (QED) is 0.806. The van der Waals surface area contributed by atoms with E-state index in [9.17, 15) is 21.6 Å². The van der Waals surface area contributed by atoms with E-state index in [4.69, 9.17) is 11.6 Å². The highest BCUT2D eigenvalue weighted by Crippen LogP contribution is 2.36. The van der Waals surface area contributed by atoms with Crippen LogP contribution in [0.3, 0.4) is 0 Å². The van der Waals surface area contributed by atoms with E-state index in [1.165, 1.54) is 0 Å². The molecule has 0 saturated heterocycles. The topological polar surface area (TPSA) is 46.6 Å². The van der Waals surface area contributed by atoms with Crippen molar-refractivity contribution in [2.45, 2.75) is 11.1 Å². The largest absolute Gasteiger partial charge is 0.417 e. The average molecular weight is 304 g/mol. The van der Waals surface area contributed by atoms with Crippen molar-refractivity contribution in [3.63, 3.8) is 0 Å². The Labute approximate surface area is 107 Å². The van der Waals surface area contributed by atoms with Gasteiger partial charge in [0.1, 0.15) is 0 Å². The molecule has 102 valence electrons. The number of rotatable bonds is 3. The molecule has 4 nitrogen and oxygen atoms in total. The van der Waals surface area contributed by atoms with Gasteiger partial charge in [-0.25, -0.2) is 8.42 Å². The molecule has 18 heavy (non-hydrogen) atoms. The Hall–Kier alpha value is -0.830. The standard InChI is InChI=1S/C9H9ClF3NO3S/c1-14(17-2)18(15,16)6-3-4-8(10)7(5-6)9(11,12)13/h3-5H,1-2H3. The van der Waals surface area contributed by atoms with Crippen LogP contribution in [0.2, 0.25) is 5.02 Å². The smallest absolute Gasteiger partial charge is 0.288 e. The fourth-order valence-corrected chi connectivity index (χ4v) is 2.35. The van der Waals surface area contributed by atoms with Gasteiger partial charge in [-0.15, -0.1) is 0 Å². The van der Waals surface area contributed by atoms with Crippen LogP contribution in [-0.2, 0) is 21.0 Å². The average Bonchev–Trinajstić information content (AvgIpc) is 2.26. The second kappa shape index (κ2) is 5.04. The van der Waals surface area contributed by atoms with Gasteiger partial charge in [0, 0.05) is 7.05 Å². The maximum Gasteiger partial charge on any atom is 0.417 e. The SMILES string of the molecule is CON(C)S(=O)(=O)c1ccc(Cl)c(C(F)(F)F)c1. The molecule has 1 aromatic rings. The molecule has 0 radical (unpaired) electrons. The second-order valence-electron chi connectivity index (χ2n) is 3.24. The third-order valence-corrected chi connectivity index (χ3v) is 4.14. The Bertz CT molecular complexity index is 544. The van der Waals surface area contributed by atoms with Crippen molar-refractivity contribution in [1.29, 1.82) is 0 Å². The van der Waals surface area contributed by atoms with Crippen molar-refractivity contribution in [2.24, 2.45) is 0 Å². The summed E-state index contributed by atoms with van der Waals surface area (Å²) in [7, 11) is -1.99. The number of hydrogen-bond donors (Lipinski definition) is 0. The molecule has 0 fully saturated rings. The third-order valence-electron chi connectivity index (χ3n) is 2.14. The first kappa shape index (κ1) is 15.2. The Morgan fingerprint density at radius 1 is 1.33 bits per heavy atom. The van der Waals surface area contributed by atoms with Gasteiger partial charge in [-0.1, -0.05) is 16.1 Å². The van der Waals surface area contributed by atoms with Crippen LogP contribution in [0.4, 0.5) is 13.2 Å². The summed E-state index contributed by atoms with van der Waals surface area (Å²) in [6, 6.07) is 2.32. The highest BCUT2D eigenvalue weighted by molar-refractivity contribution is 7.89. The molecule has 1 rings (SSSR count). The maximum absolute atomic E-state index is 12.6. The van der Waals surface area contributed by atoms with Crippen LogP contribution in [-0.4, -0.2) is 27.0 Å². The number of benzene rings is 1. The van der Waals surface area contributed by atoms with E-state index in [0.717, 1.165) is 26.3 Å². The molecule has 0 N–H and O–H groups in total. The summed E-state index contributed by atoms with van der Waals surface area (Å²) in [5, 5.41) is -0.568. The zero-order valence-corrected chi connectivity index (χ0v) is 10.9. The van der Waals surface area contributed by atoms with Crippen molar-refractivity contribution in [2.75, 3.05) is 14.2 Å². The van der Waals surface area contributed by atoms with Gasteiger partial charge in [-0.05, 0) is 18.2 Å². The van der Waals surface area contributed by atoms with Gasteiger partial charge >= 0.3 is 6.18 Å². The zero-order chi connectivity index (χ0) is 14.1. The number of hydroxylamine groups is 1. The van der Waals surface area contributed by atoms with Gasteiger partial charge in [0.05, 0.1) is 22.6 Å². The lowest BCUT2D eigenvalue weighted by molar-refractivity contribution is -0.137. The molecule has 0 aliphatic heterocycles. The van der Waals surface area contributed by atoms with Gasteiger partial charge in [0.15, 0.2) is 0 Å². The van der Waals surface area contributed by atoms with E-state index in [2.05, 4.69) is 4.84 Å². The van der Waals surface area contributed by atoms with Gasteiger partial charge < -0.3 is 0 Å². The van der Waals surface area contributed by atoms with Crippen LogP contribution in [0.1, 0.15) is 5.56 Å². The molecule has 0 amide bonds. The Morgan fingerprint density at radius 2 is 1.89 bits per heavy atom. The molecule has 1 aromatic carbocycles. The summed E-state index contributed by atoms with van der Waals surface area (Å²) in [6.45, 7) is 0. The maximum atomic E-state index is 12.6. The van der Waals surface area contributed by atoms with Crippen molar-refractivity contribution < 1.29 is 26.4 Å². The van der Waals surface area contributed by atoms with Gasteiger partial charge in [-0.2, -0.15) is 13.2 Å². The molecule has 0 atom stereocenters. The molecule has 0 heterocycles. The molecule has 0 saturated carbocycles. The number of hydrogen-bond acceptors (Lipinski definition) is 3. The van der Waals surface area contributed by atoms with Crippen molar-refractivity contribution in [3.05, 3.63) is 28.8 Å². The summed E-state index contributed by atoms with van der Waals surface area (Å²) in [6.07, 6.45) is -4.73. The van der Waals surface area contributed by atoms with E-state index in [1.807, 2.05) is 0 Å². The number of halogens is 4. The van der Waals surface area contributed by atoms with Crippen LogP contribution in [0.15, 0.2) is 23.1 Å². The summed E-state index contributed by atoms with van der Waals surface area (Å²) in [5.41, 5.74) is -1.21. The minimum absolute atomic E-state index is 0.455. The lowest BCUT2D eigenvalue weighted by Crippen LogP contribution is -2.26. The van der Waals surface area contributed by atoms with Crippen LogP contribution >= 0.6 is 11.6 Å². The van der Waals surface area contributed by atoms with Gasteiger partial charge in [0.25, 0.3) is 10.0 Å². The Balaban J connectivity index is 3.39. The molecule has 9 heteroatoms. The lowest BCUT2D eigenvalue weighted by Gasteiger charge is -2.16. The van der Waals surface area contributed by atoms with Crippen LogP contribution < -0.4 is 0 Å². The van der Waals surface area contributed by atoms with Crippen molar-refractivity contribution in [3.8, 4) is 0 Å². The Morgan fingerprint density at radius 3 is 2.33 bits per heavy atom. The first-order valence-electron chi connectivity index (χ1n) is 4.50. The number of nitrogens with zero attached hydrogens (tertiary/aromatic N) is 1. The van der Waals surface area contributed by atoms with E-state index in [0.29, 0.717) is 10.5 Å². The number of sulfonamides is 1. The van der Waals surface area contributed by atoms with Gasteiger partial charge in [0.2, 0.25) is 0 Å². The fraction of sp³-hybridized carbons (Fsp3) is 0.333. The van der Waals surface area contributed by atoms with Crippen molar-refractivity contribution in [1.82, 2.24) is 4.47 Å². The molecule has 0 aliphatic carbocycles. The van der Waals surface area contributed by atoms with Crippen LogP contribution in [0.25, 0.3) is 0 Å². The molecule has 0 bridgehead atoms. The van der Waals surface area contributed by atoms with Crippen LogP contribution in [0.5, 0.6) is 0 Å². The van der Waals surface area contributed by atoms with Crippen molar-refractivity contribution >= 4 is 21.6 Å². The number of alkyl halides is 3.